The Morgan fingerprint density at radius 2 is 1.86 bits per heavy atom. The van der Waals surface area contributed by atoms with Crippen LogP contribution >= 0.6 is 23.2 Å². The van der Waals surface area contributed by atoms with Crippen LogP contribution in [0, 0.1) is 0 Å². The highest BCUT2D eigenvalue weighted by molar-refractivity contribution is 7.89. The van der Waals surface area contributed by atoms with Gasteiger partial charge in [-0.25, -0.2) is 8.42 Å². The minimum Gasteiger partial charge on any atom is -0.316 e. The Morgan fingerprint density at radius 3 is 2.33 bits per heavy atom. The summed E-state index contributed by atoms with van der Waals surface area (Å²) in [6.07, 6.45) is -4.64. The topological polar surface area (TPSA) is 49.4 Å². The lowest BCUT2D eigenvalue weighted by Gasteiger charge is -2.20. The molecule has 0 aliphatic heterocycles. The van der Waals surface area contributed by atoms with Gasteiger partial charge in [0.2, 0.25) is 10.0 Å². The molecule has 21 heavy (non-hydrogen) atoms. The quantitative estimate of drug-likeness (QED) is 0.873. The van der Waals surface area contributed by atoms with Gasteiger partial charge in [0, 0.05) is 24.2 Å². The van der Waals surface area contributed by atoms with Crippen molar-refractivity contribution in [2.75, 3.05) is 20.6 Å². The summed E-state index contributed by atoms with van der Waals surface area (Å²) in [7, 11) is -1.93. The first kappa shape index (κ1) is 18.5. The molecule has 0 amide bonds. The molecule has 0 radical (unpaired) electrons. The van der Waals surface area contributed by atoms with Crippen LogP contribution < -0.4 is 5.32 Å². The molecule has 1 rings (SSSR count). The monoisotopic (exact) mass is 364 g/mol. The molecule has 0 unspecified atom stereocenters. The van der Waals surface area contributed by atoms with Crippen LogP contribution in [0.15, 0.2) is 17.0 Å². The average molecular weight is 365 g/mol. The zero-order chi connectivity index (χ0) is 16.4. The van der Waals surface area contributed by atoms with Gasteiger partial charge in [0.1, 0.15) is 11.4 Å². The predicted octanol–water partition coefficient (Wildman–Crippen LogP) is 2.90. The minimum absolute atomic E-state index is 0.185. The Morgan fingerprint density at radius 1 is 1.29 bits per heavy atom. The number of hydrogen-bond acceptors (Lipinski definition) is 3. The van der Waals surface area contributed by atoms with E-state index in [1.807, 2.05) is 0 Å². The summed E-state index contributed by atoms with van der Waals surface area (Å²) in [6.45, 7) is -1.42. The predicted molar refractivity (Wildman–Crippen MR) is 75.1 cm³/mol. The van der Waals surface area contributed by atoms with Crippen molar-refractivity contribution in [1.29, 1.82) is 0 Å². The maximum absolute atomic E-state index is 12.3. The first-order valence-corrected chi connectivity index (χ1v) is 7.85. The van der Waals surface area contributed by atoms with Gasteiger partial charge >= 0.3 is 6.18 Å². The van der Waals surface area contributed by atoms with Crippen LogP contribution in [-0.2, 0) is 16.6 Å². The molecule has 0 atom stereocenters. The molecule has 0 saturated heterocycles. The van der Waals surface area contributed by atoms with Crippen molar-refractivity contribution < 1.29 is 21.6 Å². The number of nitrogens with one attached hydrogen (secondary N) is 1. The van der Waals surface area contributed by atoms with E-state index in [1.54, 1.807) is 7.05 Å². The molecule has 1 aromatic rings. The van der Waals surface area contributed by atoms with E-state index < -0.39 is 27.6 Å². The Balaban J connectivity index is 3.29. The maximum atomic E-state index is 12.3. The second-order valence-electron chi connectivity index (χ2n) is 4.24. The Labute approximate surface area is 130 Å². The van der Waals surface area contributed by atoms with E-state index in [-0.39, 0.29) is 20.9 Å². The van der Waals surface area contributed by atoms with Crippen LogP contribution in [0.5, 0.6) is 0 Å². The molecular weight excluding hydrogens is 352 g/mol. The minimum atomic E-state index is -4.64. The first-order valence-electron chi connectivity index (χ1n) is 5.65. The second-order valence-corrected chi connectivity index (χ2v) is 7.04. The molecule has 4 nitrogen and oxygen atoms in total. The lowest BCUT2D eigenvalue weighted by Crippen LogP contribution is -2.36. The fourth-order valence-corrected chi connectivity index (χ4v) is 3.66. The molecule has 10 heteroatoms. The summed E-state index contributed by atoms with van der Waals surface area (Å²) >= 11 is 11.9. The van der Waals surface area contributed by atoms with Crippen molar-refractivity contribution in [3.05, 3.63) is 27.7 Å². The summed E-state index contributed by atoms with van der Waals surface area (Å²) in [6, 6.07) is 2.38. The number of sulfonamides is 1. The van der Waals surface area contributed by atoms with Gasteiger partial charge in [-0.3, -0.25) is 0 Å². The van der Waals surface area contributed by atoms with Crippen LogP contribution in [0.3, 0.4) is 0 Å². The molecule has 120 valence electrons. The lowest BCUT2D eigenvalue weighted by atomic mass is 10.2. The molecule has 0 saturated carbocycles. The number of nitrogens with zero attached hydrogens (tertiary/aromatic N) is 1. The van der Waals surface area contributed by atoms with E-state index in [0.29, 0.717) is 5.56 Å². The van der Waals surface area contributed by atoms with E-state index in [4.69, 9.17) is 23.2 Å². The smallest absolute Gasteiger partial charge is 0.316 e. The summed E-state index contributed by atoms with van der Waals surface area (Å²) < 4.78 is 61.6. The molecule has 0 fully saturated rings. The van der Waals surface area contributed by atoms with Crippen LogP contribution in [0.2, 0.25) is 10.0 Å². The molecule has 0 heterocycles. The molecule has 0 aliphatic carbocycles. The molecule has 0 bridgehead atoms. The number of alkyl halides is 3. The van der Waals surface area contributed by atoms with Crippen LogP contribution in [0.25, 0.3) is 0 Å². The third-order valence-corrected chi connectivity index (χ3v) is 5.34. The number of benzene rings is 1. The third kappa shape index (κ3) is 4.46. The Bertz CT molecular complexity index is 621. The Hall–Kier alpha value is -0.540. The van der Waals surface area contributed by atoms with Crippen LogP contribution in [0.4, 0.5) is 13.2 Å². The van der Waals surface area contributed by atoms with Gasteiger partial charge in [-0.1, -0.05) is 23.2 Å². The van der Waals surface area contributed by atoms with E-state index in [9.17, 15) is 21.6 Å². The van der Waals surface area contributed by atoms with Gasteiger partial charge in [-0.15, -0.1) is 0 Å². The number of hydrogen-bond donors (Lipinski definition) is 1. The highest BCUT2D eigenvalue weighted by Crippen LogP contribution is 2.33. The fourth-order valence-electron chi connectivity index (χ4n) is 1.62. The molecule has 0 spiro atoms. The van der Waals surface area contributed by atoms with E-state index in [1.165, 1.54) is 6.07 Å². The normalized spacial score (nSPS) is 13.0. The zero-order valence-electron chi connectivity index (χ0n) is 11.1. The second kappa shape index (κ2) is 6.70. The summed E-state index contributed by atoms with van der Waals surface area (Å²) in [5.41, 5.74) is 0.308. The van der Waals surface area contributed by atoms with Gasteiger partial charge in [0.25, 0.3) is 0 Å². The summed E-state index contributed by atoms with van der Waals surface area (Å²) in [5.74, 6) is 0. The highest BCUT2D eigenvalue weighted by atomic mass is 35.5. The molecule has 1 aromatic carbocycles. The third-order valence-electron chi connectivity index (χ3n) is 2.59. The molecule has 0 aliphatic rings. The lowest BCUT2D eigenvalue weighted by molar-refractivity contribution is -0.134. The van der Waals surface area contributed by atoms with E-state index in [0.717, 1.165) is 13.1 Å². The fraction of sp³-hybridized carbons (Fsp3) is 0.455. The van der Waals surface area contributed by atoms with Crippen molar-refractivity contribution in [2.45, 2.75) is 17.6 Å². The first-order chi connectivity index (χ1) is 9.50. The van der Waals surface area contributed by atoms with Crippen molar-refractivity contribution >= 4 is 33.2 Å². The highest BCUT2D eigenvalue weighted by Gasteiger charge is 2.36. The average Bonchev–Trinajstić information content (AvgIpc) is 2.31. The largest absolute Gasteiger partial charge is 0.402 e. The van der Waals surface area contributed by atoms with E-state index in [2.05, 4.69) is 5.32 Å². The van der Waals surface area contributed by atoms with Gasteiger partial charge in [0.05, 0.1) is 5.02 Å². The maximum Gasteiger partial charge on any atom is 0.402 e. The van der Waals surface area contributed by atoms with Crippen LogP contribution in [0.1, 0.15) is 5.56 Å². The number of halogens is 5. The van der Waals surface area contributed by atoms with Crippen molar-refractivity contribution in [1.82, 2.24) is 9.62 Å². The molecule has 0 aromatic heterocycles. The van der Waals surface area contributed by atoms with Gasteiger partial charge in [-0.2, -0.15) is 17.5 Å². The van der Waals surface area contributed by atoms with Gasteiger partial charge < -0.3 is 5.32 Å². The van der Waals surface area contributed by atoms with Crippen molar-refractivity contribution in [3.8, 4) is 0 Å². The van der Waals surface area contributed by atoms with E-state index >= 15 is 0 Å². The SMILES string of the molecule is CNCc1c(Cl)ccc(S(=O)(=O)N(C)CC(F)(F)F)c1Cl. The molecular formula is C11H13Cl2F3N2O2S. The molecule has 1 N–H and O–H groups in total. The Kier molecular flexibility index (Phi) is 5.91. The number of rotatable bonds is 5. The summed E-state index contributed by atoms with van der Waals surface area (Å²) in [5, 5.41) is 2.79. The zero-order valence-corrected chi connectivity index (χ0v) is 13.5. The standard InChI is InChI=1S/C11H13Cl2F3N2O2S/c1-17-5-7-8(12)3-4-9(10(7)13)21(19,20)18(2)6-11(14,15)16/h3-4,17H,5-6H2,1-2H3. The van der Waals surface area contributed by atoms with Crippen molar-refractivity contribution in [3.63, 3.8) is 0 Å². The van der Waals surface area contributed by atoms with Crippen molar-refractivity contribution in [2.24, 2.45) is 0 Å². The summed E-state index contributed by atoms with van der Waals surface area (Å²) in [4.78, 5) is -0.412. The van der Waals surface area contributed by atoms with Gasteiger partial charge in [-0.05, 0) is 19.2 Å². The van der Waals surface area contributed by atoms with Crippen LogP contribution in [-0.4, -0.2) is 39.5 Å². The van der Waals surface area contributed by atoms with Gasteiger partial charge in [0.15, 0.2) is 0 Å².